The number of carbonyl (C=O) groups is 1. The monoisotopic (exact) mass is 349 g/mol. The molecule has 0 heterocycles. The first-order valence-electron chi connectivity index (χ1n) is 6.05. The van der Waals surface area contributed by atoms with E-state index >= 15 is 0 Å². The molecule has 0 unspecified atom stereocenters. The maximum atomic E-state index is 12.3. The van der Waals surface area contributed by atoms with Gasteiger partial charge in [-0.3, -0.25) is 14.9 Å². The third kappa shape index (κ3) is 3.38. The summed E-state index contributed by atoms with van der Waals surface area (Å²) in [5, 5.41) is 16.4. The molecule has 0 aliphatic carbocycles. The van der Waals surface area contributed by atoms with Crippen LogP contribution in [0.25, 0.3) is 0 Å². The fraction of sp³-hybridized carbons (Fsp3) is 0.0714. The number of hydrogen-bond donors (Lipinski definition) is 2. The number of benzene rings is 2. The van der Waals surface area contributed by atoms with Crippen LogP contribution in [0.15, 0.2) is 46.9 Å². The lowest BCUT2D eigenvalue weighted by atomic mass is 10.1. The number of hydrogen-bond acceptors (Lipinski definition) is 4. The maximum absolute atomic E-state index is 12.3. The van der Waals surface area contributed by atoms with E-state index in [-0.39, 0.29) is 11.3 Å². The predicted octanol–water partition coefficient (Wildman–Crippen LogP) is 3.65. The molecule has 0 spiro atoms. The van der Waals surface area contributed by atoms with Crippen molar-refractivity contribution in [1.29, 1.82) is 0 Å². The molecule has 2 aromatic carbocycles. The molecule has 6 nitrogen and oxygen atoms in total. The van der Waals surface area contributed by atoms with Crippen molar-refractivity contribution in [3.8, 4) is 0 Å². The number of nitrogens with zero attached hydrogens (tertiary/aromatic N) is 1. The number of halogens is 1. The fourth-order valence-electron chi connectivity index (χ4n) is 1.80. The molecule has 108 valence electrons. The van der Waals surface area contributed by atoms with Gasteiger partial charge in [0.2, 0.25) is 0 Å². The zero-order valence-electron chi connectivity index (χ0n) is 11.1. The number of rotatable bonds is 4. The average molecular weight is 350 g/mol. The molecule has 0 aliphatic heterocycles. The summed E-state index contributed by atoms with van der Waals surface area (Å²) in [4.78, 5) is 22.6. The summed E-state index contributed by atoms with van der Waals surface area (Å²) >= 11 is 3.33. The van der Waals surface area contributed by atoms with Gasteiger partial charge >= 0.3 is 0 Å². The van der Waals surface area contributed by atoms with E-state index in [9.17, 15) is 14.9 Å². The van der Waals surface area contributed by atoms with E-state index < -0.39 is 10.8 Å². The van der Waals surface area contributed by atoms with E-state index in [0.717, 1.165) is 4.47 Å². The van der Waals surface area contributed by atoms with Crippen molar-refractivity contribution < 1.29 is 9.72 Å². The SMILES string of the molecule is CNc1ccc([N+](=O)[O-])cc1C(=O)Nc1ccccc1Br. The van der Waals surface area contributed by atoms with Gasteiger partial charge in [0.25, 0.3) is 11.6 Å². The van der Waals surface area contributed by atoms with Crippen molar-refractivity contribution >= 4 is 38.9 Å². The lowest BCUT2D eigenvalue weighted by Gasteiger charge is -2.10. The highest BCUT2D eigenvalue weighted by atomic mass is 79.9. The number of nitro groups is 1. The number of carbonyl (C=O) groups excluding carboxylic acids is 1. The quantitative estimate of drug-likeness (QED) is 0.651. The van der Waals surface area contributed by atoms with Crippen molar-refractivity contribution in [2.75, 3.05) is 17.7 Å². The molecule has 2 N–H and O–H groups in total. The Hall–Kier alpha value is -2.41. The molecule has 2 aromatic rings. The standard InChI is InChI=1S/C14H12BrN3O3/c1-16-12-7-6-9(18(20)21)8-10(12)14(19)17-13-5-3-2-4-11(13)15/h2-8,16H,1H3,(H,17,19). The van der Waals surface area contributed by atoms with Gasteiger partial charge in [0.05, 0.1) is 16.2 Å². The summed E-state index contributed by atoms with van der Waals surface area (Å²) in [6.45, 7) is 0. The van der Waals surface area contributed by atoms with Crippen LogP contribution in [0.2, 0.25) is 0 Å². The first-order valence-corrected chi connectivity index (χ1v) is 6.84. The summed E-state index contributed by atoms with van der Waals surface area (Å²) in [7, 11) is 1.65. The van der Waals surface area contributed by atoms with E-state index in [1.807, 2.05) is 6.07 Å². The van der Waals surface area contributed by atoms with Crippen LogP contribution in [-0.2, 0) is 0 Å². The third-order valence-electron chi connectivity index (χ3n) is 2.85. The maximum Gasteiger partial charge on any atom is 0.270 e. The Bertz CT molecular complexity index is 704. The van der Waals surface area contributed by atoms with Crippen LogP contribution in [0.5, 0.6) is 0 Å². The summed E-state index contributed by atoms with van der Waals surface area (Å²) in [6, 6.07) is 11.2. The molecule has 7 heteroatoms. The van der Waals surface area contributed by atoms with Gasteiger partial charge in [-0.2, -0.15) is 0 Å². The molecular weight excluding hydrogens is 338 g/mol. The van der Waals surface area contributed by atoms with Gasteiger partial charge in [-0.25, -0.2) is 0 Å². The highest BCUT2D eigenvalue weighted by Gasteiger charge is 2.17. The van der Waals surface area contributed by atoms with Crippen LogP contribution in [-0.4, -0.2) is 17.9 Å². The molecule has 0 fully saturated rings. The fourth-order valence-corrected chi connectivity index (χ4v) is 2.19. The molecule has 0 atom stereocenters. The molecule has 0 saturated carbocycles. The van der Waals surface area contributed by atoms with Crippen molar-refractivity contribution in [3.05, 3.63) is 62.6 Å². The molecule has 0 radical (unpaired) electrons. The molecular formula is C14H12BrN3O3. The van der Waals surface area contributed by atoms with Gasteiger partial charge in [0.1, 0.15) is 0 Å². The molecule has 0 saturated heterocycles. The highest BCUT2D eigenvalue weighted by molar-refractivity contribution is 9.10. The van der Waals surface area contributed by atoms with Crippen LogP contribution in [0, 0.1) is 10.1 Å². The van der Waals surface area contributed by atoms with Gasteiger partial charge in [-0.1, -0.05) is 12.1 Å². The average Bonchev–Trinajstić information content (AvgIpc) is 2.48. The van der Waals surface area contributed by atoms with Crippen molar-refractivity contribution in [3.63, 3.8) is 0 Å². The summed E-state index contributed by atoms with van der Waals surface area (Å²) < 4.78 is 0.731. The normalized spacial score (nSPS) is 10.0. The topological polar surface area (TPSA) is 84.3 Å². The molecule has 0 aromatic heterocycles. The first kappa shape index (κ1) is 15.0. The smallest absolute Gasteiger partial charge is 0.270 e. The Morgan fingerprint density at radius 1 is 1.19 bits per heavy atom. The van der Waals surface area contributed by atoms with Gasteiger partial charge in [-0.15, -0.1) is 0 Å². The van der Waals surface area contributed by atoms with Crippen molar-refractivity contribution in [2.45, 2.75) is 0 Å². The minimum atomic E-state index is -0.533. The van der Waals surface area contributed by atoms with E-state index in [1.165, 1.54) is 18.2 Å². The van der Waals surface area contributed by atoms with Crippen LogP contribution < -0.4 is 10.6 Å². The summed E-state index contributed by atoms with van der Waals surface area (Å²) in [5.41, 5.74) is 1.19. The van der Waals surface area contributed by atoms with Crippen LogP contribution in [0.3, 0.4) is 0 Å². The third-order valence-corrected chi connectivity index (χ3v) is 3.54. The Labute approximate surface area is 129 Å². The molecule has 2 rings (SSSR count). The van der Waals surface area contributed by atoms with Crippen LogP contribution >= 0.6 is 15.9 Å². The van der Waals surface area contributed by atoms with Crippen molar-refractivity contribution in [2.24, 2.45) is 0 Å². The molecule has 0 aliphatic rings. The summed E-state index contributed by atoms with van der Waals surface area (Å²) in [5.74, 6) is -0.421. The second-order valence-electron chi connectivity index (χ2n) is 4.17. The predicted molar refractivity (Wildman–Crippen MR) is 84.7 cm³/mol. The minimum absolute atomic E-state index is 0.133. The van der Waals surface area contributed by atoms with Gasteiger partial charge in [-0.05, 0) is 34.1 Å². The molecule has 0 bridgehead atoms. The second kappa shape index (κ2) is 6.36. The van der Waals surface area contributed by atoms with E-state index in [1.54, 1.807) is 25.2 Å². The zero-order chi connectivity index (χ0) is 15.4. The van der Waals surface area contributed by atoms with Gasteiger partial charge in [0.15, 0.2) is 0 Å². The lowest BCUT2D eigenvalue weighted by molar-refractivity contribution is -0.384. The second-order valence-corrected chi connectivity index (χ2v) is 5.03. The first-order chi connectivity index (χ1) is 10.0. The van der Waals surface area contributed by atoms with Gasteiger partial charge < -0.3 is 10.6 Å². The number of amides is 1. The van der Waals surface area contributed by atoms with E-state index in [0.29, 0.717) is 11.4 Å². The van der Waals surface area contributed by atoms with Gasteiger partial charge in [0, 0.05) is 29.3 Å². The van der Waals surface area contributed by atoms with Crippen molar-refractivity contribution in [1.82, 2.24) is 0 Å². The molecule has 1 amide bonds. The number of anilines is 2. The highest BCUT2D eigenvalue weighted by Crippen LogP contribution is 2.25. The Balaban J connectivity index is 2.36. The number of nitrogens with one attached hydrogen (secondary N) is 2. The number of non-ortho nitro benzene ring substituents is 1. The lowest BCUT2D eigenvalue weighted by Crippen LogP contribution is -2.14. The molecule has 21 heavy (non-hydrogen) atoms. The van der Waals surface area contributed by atoms with E-state index in [4.69, 9.17) is 0 Å². The minimum Gasteiger partial charge on any atom is -0.387 e. The largest absolute Gasteiger partial charge is 0.387 e. The zero-order valence-corrected chi connectivity index (χ0v) is 12.7. The Morgan fingerprint density at radius 3 is 2.52 bits per heavy atom. The Kier molecular flexibility index (Phi) is 4.54. The van der Waals surface area contributed by atoms with E-state index in [2.05, 4.69) is 26.6 Å². The van der Waals surface area contributed by atoms with Crippen LogP contribution in [0.4, 0.5) is 17.1 Å². The Morgan fingerprint density at radius 2 is 1.90 bits per heavy atom. The number of nitro benzene ring substituents is 1. The summed E-state index contributed by atoms with van der Waals surface area (Å²) in [6.07, 6.45) is 0. The van der Waals surface area contributed by atoms with Crippen LogP contribution in [0.1, 0.15) is 10.4 Å². The number of para-hydroxylation sites is 1.